The predicted octanol–water partition coefficient (Wildman–Crippen LogP) is 2.72. The molecule has 0 amide bonds. The number of aromatic nitrogens is 3. The standard InChI is InChI=1S/C15H16N4/c1-10-9-17-14-8-13(11(2)16)15(18-19(10)14)12-6-4-3-5-7-12/h3-9,11H,16H2,1-2H3/t11-/m0/s1. The lowest BCUT2D eigenvalue weighted by atomic mass is 10.0. The van der Waals surface area contributed by atoms with Gasteiger partial charge < -0.3 is 5.73 Å². The minimum absolute atomic E-state index is 0.0790. The van der Waals surface area contributed by atoms with E-state index in [1.54, 1.807) is 0 Å². The Balaban J connectivity index is 2.31. The SMILES string of the molecule is Cc1cnc2cc([C@H](C)N)c(-c3ccccc3)nn12. The summed E-state index contributed by atoms with van der Waals surface area (Å²) in [4.78, 5) is 4.34. The summed E-state index contributed by atoms with van der Waals surface area (Å²) in [7, 11) is 0. The maximum atomic E-state index is 6.07. The van der Waals surface area contributed by atoms with E-state index in [1.807, 2.05) is 61.0 Å². The summed E-state index contributed by atoms with van der Waals surface area (Å²) in [5, 5.41) is 4.70. The van der Waals surface area contributed by atoms with Crippen molar-refractivity contribution in [3.8, 4) is 11.3 Å². The lowest BCUT2D eigenvalue weighted by molar-refractivity contribution is 0.794. The number of aryl methyl sites for hydroxylation is 1. The molecule has 4 nitrogen and oxygen atoms in total. The van der Waals surface area contributed by atoms with Gasteiger partial charge in [-0.2, -0.15) is 5.10 Å². The van der Waals surface area contributed by atoms with Gasteiger partial charge in [-0.15, -0.1) is 0 Å². The highest BCUT2D eigenvalue weighted by molar-refractivity contribution is 5.65. The van der Waals surface area contributed by atoms with Crippen molar-refractivity contribution in [2.75, 3.05) is 0 Å². The zero-order valence-corrected chi connectivity index (χ0v) is 11.0. The van der Waals surface area contributed by atoms with Crippen LogP contribution in [0.25, 0.3) is 16.9 Å². The lowest BCUT2D eigenvalue weighted by Crippen LogP contribution is -2.10. The predicted molar refractivity (Wildman–Crippen MR) is 75.8 cm³/mol. The first-order valence-corrected chi connectivity index (χ1v) is 6.33. The average molecular weight is 252 g/mol. The van der Waals surface area contributed by atoms with Gasteiger partial charge in [-0.25, -0.2) is 9.50 Å². The summed E-state index contributed by atoms with van der Waals surface area (Å²) in [5.74, 6) is 0. The molecule has 0 aliphatic rings. The Labute approximate surface area is 111 Å². The molecule has 96 valence electrons. The molecular formula is C15H16N4. The van der Waals surface area contributed by atoms with E-state index in [-0.39, 0.29) is 6.04 Å². The molecule has 0 aliphatic heterocycles. The molecule has 0 saturated heterocycles. The van der Waals surface area contributed by atoms with Crippen molar-refractivity contribution in [1.29, 1.82) is 0 Å². The third kappa shape index (κ3) is 2.00. The molecule has 0 unspecified atom stereocenters. The highest BCUT2D eigenvalue weighted by Gasteiger charge is 2.13. The van der Waals surface area contributed by atoms with E-state index < -0.39 is 0 Å². The second-order valence-electron chi connectivity index (χ2n) is 4.77. The van der Waals surface area contributed by atoms with Crippen molar-refractivity contribution in [1.82, 2.24) is 14.6 Å². The Bertz CT molecular complexity index is 714. The quantitative estimate of drug-likeness (QED) is 0.763. The molecule has 0 saturated carbocycles. The Hall–Kier alpha value is -2.20. The minimum Gasteiger partial charge on any atom is -0.324 e. The van der Waals surface area contributed by atoms with E-state index in [1.165, 1.54) is 0 Å². The van der Waals surface area contributed by atoms with Crippen LogP contribution in [0.3, 0.4) is 0 Å². The van der Waals surface area contributed by atoms with Crippen LogP contribution in [0.5, 0.6) is 0 Å². The number of rotatable bonds is 2. The maximum absolute atomic E-state index is 6.07. The first kappa shape index (κ1) is 11.9. The van der Waals surface area contributed by atoms with Crippen LogP contribution in [0, 0.1) is 6.92 Å². The molecule has 2 N–H and O–H groups in total. The van der Waals surface area contributed by atoms with Gasteiger partial charge in [0, 0.05) is 17.2 Å². The largest absolute Gasteiger partial charge is 0.324 e. The smallest absolute Gasteiger partial charge is 0.154 e. The maximum Gasteiger partial charge on any atom is 0.154 e. The molecule has 0 bridgehead atoms. The Morgan fingerprint density at radius 1 is 1.21 bits per heavy atom. The van der Waals surface area contributed by atoms with Crippen LogP contribution in [0.15, 0.2) is 42.6 Å². The zero-order chi connectivity index (χ0) is 13.4. The van der Waals surface area contributed by atoms with Crippen molar-refractivity contribution >= 4 is 5.65 Å². The Morgan fingerprint density at radius 2 is 1.95 bits per heavy atom. The van der Waals surface area contributed by atoms with E-state index in [4.69, 9.17) is 10.8 Å². The first-order valence-electron chi connectivity index (χ1n) is 6.33. The van der Waals surface area contributed by atoms with Gasteiger partial charge >= 0.3 is 0 Å². The van der Waals surface area contributed by atoms with Crippen LogP contribution in [-0.2, 0) is 0 Å². The molecule has 19 heavy (non-hydrogen) atoms. The highest BCUT2D eigenvalue weighted by atomic mass is 15.3. The molecule has 0 spiro atoms. The third-order valence-electron chi connectivity index (χ3n) is 3.23. The lowest BCUT2D eigenvalue weighted by Gasteiger charge is -2.12. The van der Waals surface area contributed by atoms with Crippen LogP contribution >= 0.6 is 0 Å². The van der Waals surface area contributed by atoms with Gasteiger partial charge in [-0.1, -0.05) is 30.3 Å². The van der Waals surface area contributed by atoms with Gasteiger partial charge in [0.25, 0.3) is 0 Å². The summed E-state index contributed by atoms with van der Waals surface area (Å²) in [6.45, 7) is 3.96. The molecule has 1 atom stereocenters. The van der Waals surface area contributed by atoms with E-state index >= 15 is 0 Å². The Kier molecular flexibility index (Phi) is 2.80. The summed E-state index contributed by atoms with van der Waals surface area (Å²) < 4.78 is 1.86. The number of nitrogens with zero attached hydrogens (tertiary/aromatic N) is 3. The van der Waals surface area contributed by atoms with Crippen molar-refractivity contribution < 1.29 is 0 Å². The highest BCUT2D eigenvalue weighted by Crippen LogP contribution is 2.26. The van der Waals surface area contributed by atoms with Crippen molar-refractivity contribution in [2.45, 2.75) is 19.9 Å². The number of imidazole rings is 1. The second-order valence-corrected chi connectivity index (χ2v) is 4.77. The summed E-state index contributed by atoms with van der Waals surface area (Å²) in [5.41, 5.74) is 10.9. The fraction of sp³-hybridized carbons (Fsp3) is 0.200. The summed E-state index contributed by atoms with van der Waals surface area (Å²) in [6, 6.07) is 12.0. The number of hydrogen-bond donors (Lipinski definition) is 1. The fourth-order valence-electron chi connectivity index (χ4n) is 2.21. The molecule has 0 aliphatic carbocycles. The monoisotopic (exact) mass is 252 g/mol. The van der Waals surface area contributed by atoms with E-state index in [2.05, 4.69) is 4.98 Å². The van der Waals surface area contributed by atoms with E-state index in [0.29, 0.717) is 0 Å². The normalized spacial score (nSPS) is 12.8. The van der Waals surface area contributed by atoms with Crippen LogP contribution in [0.1, 0.15) is 24.2 Å². The third-order valence-corrected chi connectivity index (χ3v) is 3.23. The molecule has 2 heterocycles. The van der Waals surface area contributed by atoms with Crippen LogP contribution in [0.2, 0.25) is 0 Å². The van der Waals surface area contributed by atoms with Gasteiger partial charge in [0.15, 0.2) is 5.65 Å². The first-order chi connectivity index (χ1) is 9.16. The van der Waals surface area contributed by atoms with Gasteiger partial charge in [0.05, 0.1) is 17.6 Å². The summed E-state index contributed by atoms with van der Waals surface area (Å²) >= 11 is 0. The molecule has 2 aromatic heterocycles. The minimum atomic E-state index is -0.0790. The van der Waals surface area contributed by atoms with Crippen LogP contribution in [0.4, 0.5) is 0 Å². The van der Waals surface area contributed by atoms with Gasteiger partial charge in [-0.3, -0.25) is 0 Å². The summed E-state index contributed by atoms with van der Waals surface area (Å²) in [6.07, 6.45) is 1.82. The number of fused-ring (bicyclic) bond motifs is 1. The van der Waals surface area contributed by atoms with Crippen molar-refractivity contribution in [3.63, 3.8) is 0 Å². The molecule has 3 rings (SSSR count). The van der Waals surface area contributed by atoms with Gasteiger partial charge in [0.2, 0.25) is 0 Å². The van der Waals surface area contributed by atoms with Crippen LogP contribution < -0.4 is 5.73 Å². The van der Waals surface area contributed by atoms with Crippen molar-refractivity contribution in [3.05, 3.63) is 53.9 Å². The molecule has 0 fully saturated rings. The van der Waals surface area contributed by atoms with E-state index in [0.717, 1.165) is 28.2 Å². The zero-order valence-electron chi connectivity index (χ0n) is 11.0. The topological polar surface area (TPSA) is 56.2 Å². The number of hydrogen-bond acceptors (Lipinski definition) is 3. The van der Waals surface area contributed by atoms with Crippen molar-refractivity contribution in [2.24, 2.45) is 5.73 Å². The van der Waals surface area contributed by atoms with Crippen LogP contribution in [-0.4, -0.2) is 14.6 Å². The second kappa shape index (κ2) is 4.48. The van der Waals surface area contributed by atoms with Gasteiger partial charge in [0.1, 0.15) is 0 Å². The number of benzene rings is 1. The Morgan fingerprint density at radius 3 is 2.63 bits per heavy atom. The van der Waals surface area contributed by atoms with E-state index in [9.17, 15) is 0 Å². The molecule has 1 aromatic carbocycles. The fourth-order valence-corrected chi connectivity index (χ4v) is 2.21. The average Bonchev–Trinajstić information content (AvgIpc) is 2.79. The molecule has 4 heteroatoms. The molecule has 0 radical (unpaired) electrons. The number of nitrogens with two attached hydrogens (primary N) is 1. The molecular weight excluding hydrogens is 236 g/mol. The van der Waals surface area contributed by atoms with Gasteiger partial charge in [-0.05, 0) is 19.9 Å². The molecule has 3 aromatic rings.